The minimum Gasteiger partial charge on any atom is -0.294 e. The Morgan fingerprint density at radius 1 is 1.24 bits per heavy atom. The van der Waals surface area contributed by atoms with Gasteiger partial charge in [-0.15, -0.1) is 0 Å². The molecule has 0 radical (unpaired) electrons. The summed E-state index contributed by atoms with van der Waals surface area (Å²) < 4.78 is 1.77. The van der Waals surface area contributed by atoms with Crippen LogP contribution >= 0.6 is 0 Å². The van der Waals surface area contributed by atoms with Gasteiger partial charge in [-0.2, -0.15) is 5.10 Å². The van der Waals surface area contributed by atoms with E-state index in [0.717, 1.165) is 11.4 Å². The van der Waals surface area contributed by atoms with Crippen LogP contribution in [-0.2, 0) is 0 Å². The normalized spacial score (nSPS) is 10.8. The van der Waals surface area contributed by atoms with Gasteiger partial charge in [-0.05, 0) is 25.0 Å². The summed E-state index contributed by atoms with van der Waals surface area (Å²) in [5.74, 6) is 0.315. The van der Waals surface area contributed by atoms with Crippen LogP contribution in [0.5, 0.6) is 0 Å². The van der Waals surface area contributed by atoms with Gasteiger partial charge in [0.1, 0.15) is 0 Å². The van der Waals surface area contributed by atoms with Crippen LogP contribution in [0.1, 0.15) is 42.7 Å². The van der Waals surface area contributed by atoms with Crippen molar-refractivity contribution in [3.05, 3.63) is 47.8 Å². The second-order valence-electron chi connectivity index (χ2n) is 4.42. The highest BCUT2D eigenvalue weighted by molar-refractivity contribution is 5.95. The molecule has 0 bridgehead atoms. The molecule has 0 aliphatic rings. The summed E-state index contributed by atoms with van der Waals surface area (Å²) >= 11 is 0. The standard InChI is InChI=1S/C14H16N2O/c1-10(2)14-13(11(3)17)9-16(15-14)12-7-5-4-6-8-12/h4-10H,1-3H3. The average molecular weight is 228 g/mol. The van der Waals surface area contributed by atoms with Gasteiger partial charge < -0.3 is 0 Å². The van der Waals surface area contributed by atoms with Crippen LogP contribution in [0.3, 0.4) is 0 Å². The van der Waals surface area contributed by atoms with Crippen molar-refractivity contribution < 1.29 is 4.79 Å². The van der Waals surface area contributed by atoms with Crippen molar-refractivity contribution in [1.29, 1.82) is 0 Å². The molecule has 0 saturated carbocycles. The lowest BCUT2D eigenvalue weighted by Gasteiger charge is -2.02. The Morgan fingerprint density at radius 3 is 2.35 bits per heavy atom. The molecule has 88 valence electrons. The summed E-state index contributed by atoms with van der Waals surface area (Å²) in [4.78, 5) is 11.6. The van der Waals surface area contributed by atoms with E-state index in [9.17, 15) is 4.79 Å². The summed E-state index contributed by atoms with van der Waals surface area (Å²) in [5.41, 5.74) is 2.55. The Bertz CT molecular complexity index is 526. The largest absolute Gasteiger partial charge is 0.294 e. The molecule has 17 heavy (non-hydrogen) atoms. The van der Waals surface area contributed by atoms with Crippen LogP contribution < -0.4 is 0 Å². The molecule has 0 aliphatic carbocycles. The van der Waals surface area contributed by atoms with Crippen molar-refractivity contribution in [1.82, 2.24) is 9.78 Å². The summed E-state index contributed by atoms with van der Waals surface area (Å²) in [6, 6.07) is 9.82. The third-order valence-electron chi connectivity index (χ3n) is 2.69. The first kappa shape index (κ1) is 11.6. The number of carbonyl (C=O) groups is 1. The Kier molecular flexibility index (Phi) is 3.09. The van der Waals surface area contributed by atoms with Gasteiger partial charge in [0.15, 0.2) is 5.78 Å². The van der Waals surface area contributed by atoms with E-state index in [0.29, 0.717) is 5.56 Å². The molecule has 0 aliphatic heterocycles. The molecular formula is C14H16N2O. The number of rotatable bonds is 3. The number of hydrogen-bond donors (Lipinski definition) is 0. The van der Waals surface area contributed by atoms with E-state index in [1.807, 2.05) is 50.4 Å². The van der Waals surface area contributed by atoms with Crippen LogP contribution in [0, 0.1) is 0 Å². The SMILES string of the molecule is CC(=O)c1cn(-c2ccccc2)nc1C(C)C. The van der Waals surface area contributed by atoms with Crippen molar-refractivity contribution in [2.45, 2.75) is 26.7 Å². The van der Waals surface area contributed by atoms with E-state index in [1.165, 1.54) is 0 Å². The number of ketones is 1. The van der Waals surface area contributed by atoms with Gasteiger partial charge in [-0.3, -0.25) is 4.79 Å². The quantitative estimate of drug-likeness (QED) is 0.756. The van der Waals surface area contributed by atoms with E-state index >= 15 is 0 Å². The molecule has 0 spiro atoms. The first-order valence-corrected chi connectivity index (χ1v) is 5.75. The maximum absolute atomic E-state index is 11.6. The molecule has 2 rings (SSSR count). The summed E-state index contributed by atoms with van der Waals surface area (Å²) in [5, 5.41) is 4.50. The Labute approximate surface area is 101 Å². The van der Waals surface area contributed by atoms with Crippen LogP contribution in [0.4, 0.5) is 0 Å². The van der Waals surface area contributed by atoms with E-state index in [4.69, 9.17) is 0 Å². The van der Waals surface area contributed by atoms with Crippen molar-refractivity contribution in [3.63, 3.8) is 0 Å². The molecule has 0 atom stereocenters. The van der Waals surface area contributed by atoms with Crippen molar-refractivity contribution >= 4 is 5.78 Å². The molecule has 0 unspecified atom stereocenters. The Hall–Kier alpha value is -1.90. The first-order chi connectivity index (χ1) is 8.09. The summed E-state index contributed by atoms with van der Waals surface area (Å²) in [6.45, 7) is 5.67. The molecule has 3 nitrogen and oxygen atoms in total. The zero-order valence-electron chi connectivity index (χ0n) is 10.3. The summed E-state index contributed by atoms with van der Waals surface area (Å²) in [7, 11) is 0. The second-order valence-corrected chi connectivity index (χ2v) is 4.42. The Balaban J connectivity index is 2.51. The van der Waals surface area contributed by atoms with Gasteiger partial charge in [-0.25, -0.2) is 4.68 Å². The maximum Gasteiger partial charge on any atom is 0.163 e. The molecule has 0 saturated heterocycles. The molecule has 0 amide bonds. The molecule has 0 fully saturated rings. The lowest BCUT2D eigenvalue weighted by molar-refractivity contribution is 0.101. The average Bonchev–Trinajstić information content (AvgIpc) is 2.75. The van der Waals surface area contributed by atoms with E-state index < -0.39 is 0 Å². The third kappa shape index (κ3) is 2.28. The van der Waals surface area contributed by atoms with E-state index in [-0.39, 0.29) is 11.7 Å². The fraction of sp³-hybridized carbons (Fsp3) is 0.286. The van der Waals surface area contributed by atoms with Gasteiger partial charge in [0.05, 0.1) is 16.9 Å². The van der Waals surface area contributed by atoms with Crippen LogP contribution in [0.25, 0.3) is 5.69 Å². The fourth-order valence-electron chi connectivity index (χ4n) is 1.80. The number of benzene rings is 1. The van der Waals surface area contributed by atoms with Gasteiger partial charge in [0, 0.05) is 6.20 Å². The lowest BCUT2D eigenvalue weighted by atomic mass is 10.0. The van der Waals surface area contributed by atoms with Gasteiger partial charge >= 0.3 is 0 Å². The fourth-order valence-corrected chi connectivity index (χ4v) is 1.80. The van der Waals surface area contributed by atoms with Gasteiger partial charge in [0.25, 0.3) is 0 Å². The number of aromatic nitrogens is 2. The van der Waals surface area contributed by atoms with Gasteiger partial charge in [-0.1, -0.05) is 32.0 Å². The summed E-state index contributed by atoms with van der Waals surface area (Å²) in [6.07, 6.45) is 1.81. The number of nitrogens with zero attached hydrogens (tertiary/aromatic N) is 2. The van der Waals surface area contributed by atoms with E-state index in [1.54, 1.807) is 11.6 Å². The van der Waals surface area contributed by atoms with Crippen LogP contribution in [0.15, 0.2) is 36.5 Å². The van der Waals surface area contributed by atoms with Crippen molar-refractivity contribution in [2.24, 2.45) is 0 Å². The molecular weight excluding hydrogens is 212 g/mol. The molecule has 1 aromatic heterocycles. The number of Topliss-reactive ketones (excluding diaryl/α,β-unsaturated/α-hetero) is 1. The second kappa shape index (κ2) is 4.53. The maximum atomic E-state index is 11.6. The highest BCUT2D eigenvalue weighted by Crippen LogP contribution is 2.20. The molecule has 1 heterocycles. The van der Waals surface area contributed by atoms with Crippen molar-refractivity contribution in [3.8, 4) is 5.69 Å². The van der Waals surface area contributed by atoms with Crippen molar-refractivity contribution in [2.75, 3.05) is 0 Å². The number of carbonyl (C=O) groups excluding carboxylic acids is 1. The smallest absolute Gasteiger partial charge is 0.163 e. The highest BCUT2D eigenvalue weighted by atomic mass is 16.1. The molecule has 0 N–H and O–H groups in total. The first-order valence-electron chi connectivity index (χ1n) is 5.75. The third-order valence-corrected chi connectivity index (χ3v) is 2.69. The predicted octanol–water partition coefficient (Wildman–Crippen LogP) is 3.20. The molecule has 2 aromatic rings. The zero-order chi connectivity index (χ0) is 12.4. The van der Waals surface area contributed by atoms with E-state index in [2.05, 4.69) is 5.10 Å². The monoisotopic (exact) mass is 228 g/mol. The molecule has 3 heteroatoms. The van der Waals surface area contributed by atoms with Gasteiger partial charge in [0.2, 0.25) is 0 Å². The van der Waals surface area contributed by atoms with Crippen LogP contribution in [-0.4, -0.2) is 15.6 Å². The minimum absolute atomic E-state index is 0.0656. The Morgan fingerprint density at radius 2 is 1.88 bits per heavy atom. The zero-order valence-corrected chi connectivity index (χ0v) is 10.3. The number of para-hydroxylation sites is 1. The topological polar surface area (TPSA) is 34.9 Å². The number of hydrogen-bond acceptors (Lipinski definition) is 2. The molecule has 1 aromatic carbocycles. The minimum atomic E-state index is 0.0656. The van der Waals surface area contributed by atoms with Crippen LogP contribution in [0.2, 0.25) is 0 Å². The predicted molar refractivity (Wildman–Crippen MR) is 67.7 cm³/mol. The highest BCUT2D eigenvalue weighted by Gasteiger charge is 2.16. The lowest BCUT2D eigenvalue weighted by Crippen LogP contribution is -1.99.